The molecule has 0 saturated carbocycles. The van der Waals surface area contributed by atoms with Crippen molar-refractivity contribution < 1.29 is 0 Å². The molecule has 2 aliphatic heterocycles. The maximum atomic E-state index is 2.70. The SMILES string of the molecule is C1=Cc2ccccc2C(=C2CCN(CCCCN3CCCCC3)CC2)c2ccccc21. The summed E-state index contributed by atoms with van der Waals surface area (Å²) in [4.78, 5) is 5.38. The summed E-state index contributed by atoms with van der Waals surface area (Å²) in [7, 11) is 0. The molecule has 0 amide bonds. The van der Waals surface area contributed by atoms with Gasteiger partial charge in [-0.25, -0.2) is 0 Å². The number of piperidine rings is 2. The highest BCUT2D eigenvalue weighted by Gasteiger charge is 2.22. The third kappa shape index (κ3) is 4.86. The highest BCUT2D eigenvalue weighted by molar-refractivity contribution is 5.94. The van der Waals surface area contributed by atoms with Gasteiger partial charge in [0.1, 0.15) is 0 Å². The van der Waals surface area contributed by atoms with Crippen LogP contribution in [0, 0.1) is 0 Å². The summed E-state index contributed by atoms with van der Waals surface area (Å²) in [6.07, 6.45) is 13.9. The van der Waals surface area contributed by atoms with Gasteiger partial charge in [0.25, 0.3) is 0 Å². The normalized spacial score (nSPS) is 19.7. The van der Waals surface area contributed by atoms with Crippen LogP contribution in [0.5, 0.6) is 0 Å². The molecule has 2 fully saturated rings. The van der Waals surface area contributed by atoms with Crippen LogP contribution in [0.1, 0.15) is 67.2 Å². The summed E-state index contributed by atoms with van der Waals surface area (Å²) < 4.78 is 0. The van der Waals surface area contributed by atoms with Crippen LogP contribution < -0.4 is 0 Å². The largest absolute Gasteiger partial charge is 0.303 e. The summed E-state index contributed by atoms with van der Waals surface area (Å²) in [6, 6.07) is 17.9. The molecular weight excluding hydrogens is 376 g/mol. The first-order valence-electron chi connectivity index (χ1n) is 12.4. The minimum Gasteiger partial charge on any atom is -0.303 e. The Hall–Kier alpha value is -2.16. The van der Waals surface area contributed by atoms with Crippen LogP contribution in [0.3, 0.4) is 0 Å². The first-order chi connectivity index (χ1) is 15.4. The average molecular weight is 413 g/mol. The van der Waals surface area contributed by atoms with Crippen LogP contribution in [0.25, 0.3) is 17.7 Å². The van der Waals surface area contributed by atoms with Crippen molar-refractivity contribution in [1.29, 1.82) is 0 Å². The predicted octanol–water partition coefficient (Wildman–Crippen LogP) is 6.33. The van der Waals surface area contributed by atoms with Crippen molar-refractivity contribution in [3.8, 4) is 0 Å². The third-order valence-electron chi connectivity index (χ3n) is 7.36. The number of fused-ring (bicyclic) bond motifs is 2. The third-order valence-corrected chi connectivity index (χ3v) is 7.36. The minimum absolute atomic E-state index is 1.20. The summed E-state index contributed by atoms with van der Waals surface area (Å²) in [6.45, 7) is 7.66. The molecule has 0 unspecified atom stereocenters. The highest BCUT2D eigenvalue weighted by Crippen LogP contribution is 2.38. The number of rotatable bonds is 5. The lowest BCUT2D eigenvalue weighted by molar-refractivity contribution is 0.210. The fourth-order valence-electron chi connectivity index (χ4n) is 5.60. The van der Waals surface area contributed by atoms with Gasteiger partial charge in [0, 0.05) is 13.1 Å². The van der Waals surface area contributed by atoms with E-state index in [9.17, 15) is 0 Å². The van der Waals surface area contributed by atoms with Gasteiger partial charge in [0.2, 0.25) is 0 Å². The molecule has 0 spiro atoms. The standard InChI is InChI=1S/C29H36N2/c1-6-18-30(19-7-1)20-8-9-21-31-22-16-26(17-23-31)29-27-12-4-2-10-24(27)14-15-25-11-3-5-13-28(25)29/h2-5,10-15H,1,6-9,16-23H2. The Balaban J connectivity index is 1.25. The van der Waals surface area contributed by atoms with E-state index in [1.807, 2.05) is 0 Å². The van der Waals surface area contributed by atoms with E-state index in [0.717, 1.165) is 0 Å². The fraction of sp³-hybridized carbons (Fsp3) is 0.448. The van der Waals surface area contributed by atoms with Crippen molar-refractivity contribution in [1.82, 2.24) is 9.80 Å². The second-order valence-corrected chi connectivity index (χ2v) is 9.44. The molecule has 1 aliphatic carbocycles. The van der Waals surface area contributed by atoms with Gasteiger partial charge in [0.05, 0.1) is 0 Å². The average Bonchev–Trinajstić information content (AvgIpc) is 3.00. The molecule has 0 bridgehead atoms. The second-order valence-electron chi connectivity index (χ2n) is 9.44. The first-order valence-corrected chi connectivity index (χ1v) is 12.4. The zero-order chi connectivity index (χ0) is 20.9. The first kappa shape index (κ1) is 20.7. The van der Waals surface area contributed by atoms with Gasteiger partial charge >= 0.3 is 0 Å². The van der Waals surface area contributed by atoms with E-state index < -0.39 is 0 Å². The van der Waals surface area contributed by atoms with E-state index in [4.69, 9.17) is 0 Å². The van der Waals surface area contributed by atoms with Gasteiger partial charge < -0.3 is 9.80 Å². The van der Waals surface area contributed by atoms with Crippen LogP contribution in [-0.4, -0.2) is 49.1 Å². The summed E-state index contributed by atoms with van der Waals surface area (Å²) in [5.41, 5.74) is 8.67. The molecule has 31 heavy (non-hydrogen) atoms. The smallest absolute Gasteiger partial charge is 0.00190 e. The maximum absolute atomic E-state index is 2.70. The molecule has 0 N–H and O–H groups in total. The lowest BCUT2D eigenvalue weighted by atomic mass is 9.86. The van der Waals surface area contributed by atoms with Crippen LogP contribution >= 0.6 is 0 Å². The molecule has 5 rings (SSSR count). The Bertz CT molecular complexity index is 887. The van der Waals surface area contributed by atoms with Crippen molar-refractivity contribution in [2.75, 3.05) is 39.3 Å². The van der Waals surface area contributed by atoms with Crippen molar-refractivity contribution >= 4 is 17.7 Å². The van der Waals surface area contributed by atoms with Gasteiger partial charge in [-0.2, -0.15) is 0 Å². The Morgan fingerprint density at radius 2 is 1.10 bits per heavy atom. The molecule has 2 nitrogen and oxygen atoms in total. The molecule has 0 radical (unpaired) electrons. The maximum Gasteiger partial charge on any atom is 0.00190 e. The molecular formula is C29H36N2. The molecule has 0 aromatic heterocycles. The number of nitrogens with zero attached hydrogens (tertiary/aromatic N) is 2. The van der Waals surface area contributed by atoms with Crippen LogP contribution in [0.4, 0.5) is 0 Å². The zero-order valence-electron chi connectivity index (χ0n) is 18.9. The molecule has 2 saturated heterocycles. The molecule has 2 aromatic rings. The number of hydrogen-bond acceptors (Lipinski definition) is 2. The molecule has 2 aromatic carbocycles. The Kier molecular flexibility index (Phi) is 6.67. The number of likely N-dealkylation sites (tertiary alicyclic amines) is 2. The van der Waals surface area contributed by atoms with Crippen LogP contribution in [0.2, 0.25) is 0 Å². The van der Waals surface area contributed by atoms with Gasteiger partial charge in [0.15, 0.2) is 0 Å². The number of hydrogen-bond donors (Lipinski definition) is 0. The predicted molar refractivity (Wildman–Crippen MR) is 133 cm³/mol. The van der Waals surface area contributed by atoms with Crippen molar-refractivity contribution in [3.63, 3.8) is 0 Å². The molecule has 2 heteroatoms. The summed E-state index contributed by atoms with van der Waals surface area (Å²) >= 11 is 0. The number of unbranched alkanes of at least 4 members (excludes halogenated alkanes) is 1. The molecule has 3 aliphatic rings. The Morgan fingerprint density at radius 3 is 1.68 bits per heavy atom. The van der Waals surface area contributed by atoms with E-state index in [0.29, 0.717) is 0 Å². The quantitative estimate of drug-likeness (QED) is 0.452. The van der Waals surface area contributed by atoms with E-state index >= 15 is 0 Å². The van der Waals surface area contributed by atoms with E-state index in [1.54, 1.807) is 5.57 Å². The van der Waals surface area contributed by atoms with Gasteiger partial charge in [-0.05, 0) is 92.5 Å². The van der Waals surface area contributed by atoms with Crippen LogP contribution in [0.15, 0.2) is 54.1 Å². The lowest BCUT2D eigenvalue weighted by Crippen LogP contribution is -2.33. The van der Waals surface area contributed by atoms with E-state index in [-0.39, 0.29) is 0 Å². The summed E-state index contributed by atoms with van der Waals surface area (Å²) in [5, 5.41) is 0. The monoisotopic (exact) mass is 412 g/mol. The summed E-state index contributed by atoms with van der Waals surface area (Å²) in [5.74, 6) is 0. The molecule has 162 valence electrons. The fourth-order valence-corrected chi connectivity index (χ4v) is 5.60. The Labute approximate surface area is 188 Å². The topological polar surface area (TPSA) is 6.48 Å². The van der Waals surface area contributed by atoms with E-state index in [1.165, 1.54) is 112 Å². The van der Waals surface area contributed by atoms with Crippen molar-refractivity contribution in [3.05, 3.63) is 76.4 Å². The molecule has 2 heterocycles. The van der Waals surface area contributed by atoms with Crippen molar-refractivity contribution in [2.45, 2.75) is 44.9 Å². The highest BCUT2D eigenvalue weighted by atomic mass is 15.1. The zero-order valence-corrected chi connectivity index (χ0v) is 18.9. The van der Waals surface area contributed by atoms with Gasteiger partial charge in [-0.3, -0.25) is 0 Å². The number of benzene rings is 2. The minimum atomic E-state index is 1.20. The van der Waals surface area contributed by atoms with Crippen LogP contribution in [-0.2, 0) is 0 Å². The van der Waals surface area contributed by atoms with Gasteiger partial charge in [-0.1, -0.05) is 72.7 Å². The molecule has 0 atom stereocenters. The van der Waals surface area contributed by atoms with Crippen molar-refractivity contribution in [2.24, 2.45) is 0 Å². The Morgan fingerprint density at radius 1 is 0.581 bits per heavy atom. The lowest BCUT2D eigenvalue weighted by Gasteiger charge is -2.31. The van der Waals surface area contributed by atoms with Gasteiger partial charge in [-0.15, -0.1) is 0 Å². The van der Waals surface area contributed by atoms with E-state index in [2.05, 4.69) is 70.5 Å². The second kappa shape index (κ2) is 9.97.